The molecule has 1 unspecified atom stereocenters. The van der Waals surface area contributed by atoms with Crippen LogP contribution in [0.4, 0.5) is 0 Å². The van der Waals surface area contributed by atoms with Crippen molar-refractivity contribution >= 4 is 5.91 Å². The third kappa shape index (κ3) is 4.44. The van der Waals surface area contributed by atoms with E-state index in [-0.39, 0.29) is 5.91 Å². The van der Waals surface area contributed by atoms with Crippen molar-refractivity contribution in [1.82, 2.24) is 10.2 Å². The van der Waals surface area contributed by atoms with Gasteiger partial charge in [0.05, 0.1) is 19.3 Å². The lowest BCUT2D eigenvalue weighted by Gasteiger charge is -2.16. The summed E-state index contributed by atoms with van der Waals surface area (Å²) in [7, 11) is 3.30. The molecule has 1 aliphatic rings. The van der Waals surface area contributed by atoms with Gasteiger partial charge < -0.3 is 19.7 Å². The predicted octanol–water partition coefficient (Wildman–Crippen LogP) is 1.39. The molecule has 5 heteroatoms. The Hall–Kier alpha value is -1.59. The minimum Gasteiger partial charge on any atom is -0.496 e. The van der Waals surface area contributed by atoms with Crippen LogP contribution in [0, 0.1) is 5.92 Å². The van der Waals surface area contributed by atoms with Gasteiger partial charge >= 0.3 is 0 Å². The van der Waals surface area contributed by atoms with Gasteiger partial charge in [0.15, 0.2) is 0 Å². The number of likely N-dealkylation sites (tertiary alicyclic amines) is 1. The number of carbonyl (C=O) groups is 1. The molecular weight excluding hydrogens is 268 g/mol. The number of methoxy groups -OCH3 is 2. The summed E-state index contributed by atoms with van der Waals surface area (Å²) in [6.45, 7) is 4.54. The Bertz CT molecular complexity index is 465. The van der Waals surface area contributed by atoms with E-state index in [9.17, 15) is 4.79 Å². The smallest absolute Gasteiger partial charge is 0.255 e. The zero-order valence-electron chi connectivity index (χ0n) is 12.8. The molecule has 1 atom stereocenters. The fraction of sp³-hybridized carbons (Fsp3) is 0.562. The van der Waals surface area contributed by atoms with Crippen LogP contribution in [0.2, 0.25) is 0 Å². The van der Waals surface area contributed by atoms with Crippen molar-refractivity contribution in [2.45, 2.75) is 6.42 Å². The van der Waals surface area contributed by atoms with Crippen LogP contribution in [-0.4, -0.2) is 57.8 Å². The van der Waals surface area contributed by atoms with E-state index in [1.165, 1.54) is 0 Å². The number of carbonyl (C=O) groups excluding carboxylic acids is 1. The highest BCUT2D eigenvalue weighted by Gasteiger charge is 2.23. The average Bonchev–Trinajstić information content (AvgIpc) is 2.98. The second-order valence-electron chi connectivity index (χ2n) is 5.36. The van der Waals surface area contributed by atoms with Gasteiger partial charge in [0.2, 0.25) is 0 Å². The summed E-state index contributed by atoms with van der Waals surface area (Å²) in [6.07, 6.45) is 1.12. The van der Waals surface area contributed by atoms with E-state index in [1.54, 1.807) is 26.4 Å². The average molecular weight is 292 g/mol. The zero-order chi connectivity index (χ0) is 15.1. The third-order valence-corrected chi connectivity index (χ3v) is 3.88. The molecule has 0 aromatic heterocycles. The monoisotopic (exact) mass is 292 g/mol. The minimum absolute atomic E-state index is 0.0669. The largest absolute Gasteiger partial charge is 0.496 e. The predicted molar refractivity (Wildman–Crippen MR) is 81.8 cm³/mol. The first kappa shape index (κ1) is 15.8. The second-order valence-corrected chi connectivity index (χ2v) is 5.36. The lowest BCUT2D eigenvalue weighted by atomic mass is 10.1. The Labute approximate surface area is 126 Å². The molecule has 0 spiro atoms. The van der Waals surface area contributed by atoms with Gasteiger partial charge in [0.1, 0.15) is 5.75 Å². The fourth-order valence-corrected chi connectivity index (χ4v) is 2.67. The Balaban J connectivity index is 1.79. The molecule has 0 saturated carbocycles. The van der Waals surface area contributed by atoms with E-state index in [0.29, 0.717) is 23.8 Å². The number of ether oxygens (including phenoxy) is 2. The first-order chi connectivity index (χ1) is 10.2. The normalized spacial score (nSPS) is 18.7. The summed E-state index contributed by atoms with van der Waals surface area (Å²) in [4.78, 5) is 14.6. The van der Waals surface area contributed by atoms with Gasteiger partial charge in [-0.2, -0.15) is 0 Å². The molecule has 116 valence electrons. The van der Waals surface area contributed by atoms with E-state index in [0.717, 1.165) is 32.7 Å². The molecule has 1 N–H and O–H groups in total. The van der Waals surface area contributed by atoms with Crippen LogP contribution in [0.5, 0.6) is 5.75 Å². The molecule has 1 aromatic rings. The van der Waals surface area contributed by atoms with Crippen LogP contribution in [0.25, 0.3) is 0 Å². The third-order valence-electron chi connectivity index (χ3n) is 3.88. The number of nitrogens with zero attached hydrogens (tertiary/aromatic N) is 1. The second kappa shape index (κ2) is 8.00. The van der Waals surface area contributed by atoms with Crippen molar-refractivity contribution in [2.75, 3.05) is 47.0 Å². The van der Waals surface area contributed by atoms with Crippen molar-refractivity contribution in [2.24, 2.45) is 5.92 Å². The van der Waals surface area contributed by atoms with Crippen molar-refractivity contribution < 1.29 is 14.3 Å². The number of hydrogen-bond acceptors (Lipinski definition) is 4. The molecular formula is C16H24N2O3. The van der Waals surface area contributed by atoms with Gasteiger partial charge in [-0.3, -0.25) is 4.79 Å². The van der Waals surface area contributed by atoms with Gasteiger partial charge in [-0.15, -0.1) is 0 Å². The van der Waals surface area contributed by atoms with Gasteiger partial charge in [0.25, 0.3) is 5.91 Å². The molecule has 0 bridgehead atoms. The van der Waals surface area contributed by atoms with Crippen molar-refractivity contribution in [1.29, 1.82) is 0 Å². The Morgan fingerprint density at radius 1 is 1.38 bits per heavy atom. The molecule has 0 radical (unpaired) electrons. The number of rotatable bonds is 7. The maximum Gasteiger partial charge on any atom is 0.255 e. The van der Waals surface area contributed by atoms with Gasteiger partial charge in [-0.1, -0.05) is 12.1 Å². The zero-order valence-corrected chi connectivity index (χ0v) is 12.8. The Kier molecular flexibility index (Phi) is 6.02. The quantitative estimate of drug-likeness (QED) is 0.825. The number of para-hydroxylation sites is 1. The van der Waals surface area contributed by atoms with E-state index in [2.05, 4.69) is 10.2 Å². The highest BCUT2D eigenvalue weighted by Crippen LogP contribution is 2.18. The Morgan fingerprint density at radius 3 is 2.95 bits per heavy atom. The summed E-state index contributed by atoms with van der Waals surface area (Å²) in [5, 5.41) is 3.02. The lowest BCUT2D eigenvalue weighted by molar-refractivity contribution is 0.0943. The van der Waals surface area contributed by atoms with Crippen LogP contribution < -0.4 is 10.1 Å². The molecule has 1 saturated heterocycles. The highest BCUT2D eigenvalue weighted by molar-refractivity contribution is 5.96. The molecule has 5 nitrogen and oxygen atoms in total. The molecule has 2 rings (SSSR count). The van der Waals surface area contributed by atoms with Gasteiger partial charge in [0, 0.05) is 26.7 Å². The highest BCUT2D eigenvalue weighted by atomic mass is 16.5. The first-order valence-corrected chi connectivity index (χ1v) is 7.37. The van der Waals surface area contributed by atoms with Crippen molar-refractivity contribution in [3.8, 4) is 5.75 Å². The number of nitrogens with one attached hydrogen (secondary N) is 1. The van der Waals surface area contributed by atoms with Gasteiger partial charge in [-0.05, 0) is 31.0 Å². The SMILES string of the molecule is COCCN1CCC(CNC(=O)c2ccccc2OC)C1. The van der Waals surface area contributed by atoms with Crippen LogP contribution in [0.15, 0.2) is 24.3 Å². The Morgan fingerprint density at radius 2 is 2.19 bits per heavy atom. The maximum absolute atomic E-state index is 12.2. The van der Waals surface area contributed by atoms with Crippen molar-refractivity contribution in [3.63, 3.8) is 0 Å². The van der Waals surface area contributed by atoms with E-state index >= 15 is 0 Å². The van der Waals surface area contributed by atoms with Crippen LogP contribution in [-0.2, 0) is 4.74 Å². The lowest BCUT2D eigenvalue weighted by Crippen LogP contribution is -2.32. The van der Waals surface area contributed by atoms with E-state index in [1.807, 2.05) is 12.1 Å². The molecule has 1 heterocycles. The van der Waals surface area contributed by atoms with Gasteiger partial charge in [-0.25, -0.2) is 0 Å². The molecule has 21 heavy (non-hydrogen) atoms. The molecule has 1 fully saturated rings. The van der Waals surface area contributed by atoms with Crippen LogP contribution >= 0.6 is 0 Å². The fourth-order valence-electron chi connectivity index (χ4n) is 2.67. The number of amides is 1. The summed E-state index contributed by atoms with van der Waals surface area (Å²) >= 11 is 0. The van der Waals surface area contributed by atoms with Crippen LogP contribution in [0.3, 0.4) is 0 Å². The number of benzene rings is 1. The van der Waals surface area contributed by atoms with Crippen LogP contribution in [0.1, 0.15) is 16.8 Å². The van der Waals surface area contributed by atoms with Crippen molar-refractivity contribution in [3.05, 3.63) is 29.8 Å². The summed E-state index contributed by atoms with van der Waals surface area (Å²) in [6, 6.07) is 7.30. The standard InChI is InChI=1S/C16H24N2O3/c1-20-10-9-18-8-7-13(12-18)11-17-16(19)14-5-3-4-6-15(14)21-2/h3-6,13H,7-12H2,1-2H3,(H,17,19). The van der Waals surface area contributed by atoms with E-state index in [4.69, 9.17) is 9.47 Å². The number of hydrogen-bond donors (Lipinski definition) is 1. The topological polar surface area (TPSA) is 50.8 Å². The summed E-state index contributed by atoms with van der Waals surface area (Å²) < 4.78 is 10.3. The molecule has 1 amide bonds. The van der Waals surface area contributed by atoms with E-state index < -0.39 is 0 Å². The molecule has 1 aliphatic heterocycles. The molecule has 0 aliphatic carbocycles. The maximum atomic E-state index is 12.2. The summed E-state index contributed by atoms with van der Waals surface area (Å²) in [5.74, 6) is 1.06. The summed E-state index contributed by atoms with van der Waals surface area (Å²) in [5.41, 5.74) is 0.592. The first-order valence-electron chi connectivity index (χ1n) is 7.37. The molecule has 1 aromatic carbocycles. The minimum atomic E-state index is -0.0669.